The van der Waals surface area contributed by atoms with Gasteiger partial charge in [0.05, 0.1) is 0 Å². The van der Waals surface area contributed by atoms with Crippen LogP contribution in [-0.2, 0) is 0 Å². The molecule has 0 spiro atoms. The molecule has 2 atom stereocenters. The Balaban J connectivity index is 2.35. The molecule has 1 nitrogen and oxygen atoms in total. The summed E-state index contributed by atoms with van der Waals surface area (Å²) < 4.78 is 12.9. The fourth-order valence-corrected chi connectivity index (χ4v) is 2.22. The van der Waals surface area contributed by atoms with Gasteiger partial charge in [-0.2, -0.15) is 11.8 Å². The van der Waals surface area contributed by atoms with Crippen molar-refractivity contribution in [2.24, 2.45) is 5.92 Å². The van der Waals surface area contributed by atoms with Crippen LogP contribution in [0.3, 0.4) is 0 Å². The van der Waals surface area contributed by atoms with Crippen LogP contribution in [0.4, 0.5) is 4.39 Å². The fourth-order valence-electron chi connectivity index (χ4n) is 1.15. The van der Waals surface area contributed by atoms with Crippen LogP contribution in [-0.4, -0.2) is 29.4 Å². The summed E-state index contributed by atoms with van der Waals surface area (Å²) in [6, 6.07) is 0. The van der Waals surface area contributed by atoms with Gasteiger partial charge in [0.2, 0.25) is 0 Å². The Kier molecular flexibility index (Phi) is 3.49. The largest absolute Gasteiger partial charge is 0.396 e. The molecule has 0 aromatic rings. The van der Waals surface area contributed by atoms with E-state index in [4.69, 9.17) is 5.11 Å². The molecule has 1 fully saturated rings. The molecule has 1 N–H and O–H groups in total. The summed E-state index contributed by atoms with van der Waals surface area (Å²) >= 11 is 1.79. The number of alkyl halides is 1. The molecule has 60 valence electrons. The first-order chi connectivity index (χ1) is 4.84. The van der Waals surface area contributed by atoms with Crippen LogP contribution >= 0.6 is 11.8 Å². The number of hydrogen-bond donors (Lipinski definition) is 1. The third-order valence-electron chi connectivity index (χ3n) is 1.92. The zero-order chi connectivity index (χ0) is 7.40. The van der Waals surface area contributed by atoms with Gasteiger partial charge in [-0.3, -0.25) is 0 Å². The van der Waals surface area contributed by atoms with Gasteiger partial charge in [-0.1, -0.05) is 0 Å². The van der Waals surface area contributed by atoms with E-state index in [-0.39, 0.29) is 12.5 Å². The minimum Gasteiger partial charge on any atom is -0.396 e. The summed E-state index contributed by atoms with van der Waals surface area (Å²) in [7, 11) is 0. The fraction of sp³-hybridized carbons (Fsp3) is 1.00. The Hall–Kier alpha value is 0.240. The highest BCUT2D eigenvalue weighted by molar-refractivity contribution is 7.99. The van der Waals surface area contributed by atoms with Gasteiger partial charge in [0.25, 0.3) is 0 Å². The molecule has 0 aliphatic carbocycles. The Morgan fingerprint density at radius 1 is 1.40 bits per heavy atom. The molecule has 1 heterocycles. The first-order valence-electron chi connectivity index (χ1n) is 3.67. The number of hydrogen-bond acceptors (Lipinski definition) is 2. The molecule has 1 rings (SSSR count). The monoisotopic (exact) mass is 164 g/mol. The quantitative estimate of drug-likeness (QED) is 0.633. The van der Waals surface area contributed by atoms with E-state index in [0.29, 0.717) is 6.42 Å². The van der Waals surface area contributed by atoms with Gasteiger partial charge in [-0.25, -0.2) is 4.39 Å². The number of thioether (sulfide) groups is 1. The van der Waals surface area contributed by atoms with Gasteiger partial charge in [-0.05, 0) is 24.3 Å². The first kappa shape index (κ1) is 8.34. The van der Waals surface area contributed by atoms with Gasteiger partial charge in [0.1, 0.15) is 6.17 Å². The SMILES string of the molecule is OC[C@@H]1CCSCC[C@H]1F. The topological polar surface area (TPSA) is 20.2 Å². The second kappa shape index (κ2) is 4.19. The van der Waals surface area contributed by atoms with Gasteiger partial charge in [0, 0.05) is 12.5 Å². The molecule has 1 aliphatic rings. The van der Waals surface area contributed by atoms with E-state index in [0.717, 1.165) is 17.9 Å². The molecule has 3 heteroatoms. The van der Waals surface area contributed by atoms with Crippen LogP contribution in [0.15, 0.2) is 0 Å². The smallest absolute Gasteiger partial charge is 0.106 e. The molecule has 0 unspecified atom stereocenters. The number of halogens is 1. The predicted octanol–water partition coefficient (Wildman–Crippen LogP) is 1.46. The van der Waals surface area contributed by atoms with Crippen molar-refractivity contribution in [3.63, 3.8) is 0 Å². The Morgan fingerprint density at radius 2 is 2.10 bits per heavy atom. The summed E-state index contributed by atoms with van der Waals surface area (Å²) in [6.07, 6.45) is 0.693. The maximum atomic E-state index is 12.9. The standard InChI is InChI=1S/C7H13FOS/c8-7-2-4-10-3-1-6(7)5-9/h6-7,9H,1-5H2/t6-,7+/m0/s1. The van der Waals surface area contributed by atoms with E-state index in [1.54, 1.807) is 11.8 Å². The van der Waals surface area contributed by atoms with Crippen molar-refractivity contribution in [2.45, 2.75) is 19.0 Å². The maximum absolute atomic E-state index is 12.9. The van der Waals surface area contributed by atoms with Crippen LogP contribution in [0.2, 0.25) is 0 Å². The molecule has 0 radical (unpaired) electrons. The number of aliphatic hydroxyl groups excluding tert-OH is 1. The van der Waals surface area contributed by atoms with Gasteiger partial charge < -0.3 is 5.11 Å². The van der Waals surface area contributed by atoms with Crippen LogP contribution in [0.1, 0.15) is 12.8 Å². The summed E-state index contributed by atoms with van der Waals surface area (Å²) in [5.41, 5.74) is 0. The van der Waals surface area contributed by atoms with Crippen molar-refractivity contribution < 1.29 is 9.50 Å². The van der Waals surface area contributed by atoms with Gasteiger partial charge >= 0.3 is 0 Å². The summed E-state index contributed by atoms with van der Waals surface area (Å²) in [5.74, 6) is 1.83. The van der Waals surface area contributed by atoms with E-state index < -0.39 is 6.17 Å². The maximum Gasteiger partial charge on any atom is 0.106 e. The van der Waals surface area contributed by atoms with E-state index in [1.807, 2.05) is 0 Å². The second-order valence-corrected chi connectivity index (χ2v) is 3.87. The number of rotatable bonds is 1. The molecule has 1 saturated heterocycles. The molecule has 0 aromatic heterocycles. The average Bonchev–Trinajstić information content (AvgIpc) is 2.13. The molecule has 10 heavy (non-hydrogen) atoms. The predicted molar refractivity (Wildman–Crippen MR) is 42.0 cm³/mol. The molecular formula is C7H13FOS. The zero-order valence-corrected chi connectivity index (χ0v) is 6.74. The molecule has 0 bridgehead atoms. The lowest BCUT2D eigenvalue weighted by atomic mass is 10.0. The van der Waals surface area contributed by atoms with Gasteiger partial charge in [-0.15, -0.1) is 0 Å². The second-order valence-electron chi connectivity index (χ2n) is 2.65. The van der Waals surface area contributed by atoms with Crippen molar-refractivity contribution >= 4 is 11.8 Å². The highest BCUT2D eigenvalue weighted by Gasteiger charge is 2.22. The lowest BCUT2D eigenvalue weighted by molar-refractivity contribution is 0.136. The van der Waals surface area contributed by atoms with Crippen LogP contribution in [0.5, 0.6) is 0 Å². The molecule has 1 aliphatic heterocycles. The van der Waals surface area contributed by atoms with Crippen LogP contribution in [0.25, 0.3) is 0 Å². The lowest BCUT2D eigenvalue weighted by Crippen LogP contribution is -2.19. The van der Waals surface area contributed by atoms with Crippen molar-refractivity contribution in [3.05, 3.63) is 0 Å². The normalized spacial score (nSPS) is 35.4. The Morgan fingerprint density at radius 3 is 2.80 bits per heavy atom. The lowest BCUT2D eigenvalue weighted by Gasteiger charge is -2.13. The van der Waals surface area contributed by atoms with Gasteiger partial charge in [0.15, 0.2) is 0 Å². The molecule has 0 amide bonds. The zero-order valence-electron chi connectivity index (χ0n) is 5.92. The average molecular weight is 164 g/mol. The molecular weight excluding hydrogens is 151 g/mol. The van der Waals surface area contributed by atoms with E-state index in [2.05, 4.69) is 0 Å². The minimum absolute atomic E-state index is 0.0156. The van der Waals surface area contributed by atoms with Crippen LogP contribution in [0, 0.1) is 5.92 Å². The Bertz CT molecular complexity index is 99.6. The van der Waals surface area contributed by atoms with Crippen molar-refractivity contribution in [2.75, 3.05) is 18.1 Å². The first-order valence-corrected chi connectivity index (χ1v) is 4.82. The van der Waals surface area contributed by atoms with E-state index in [1.165, 1.54) is 0 Å². The van der Waals surface area contributed by atoms with E-state index in [9.17, 15) is 4.39 Å². The van der Waals surface area contributed by atoms with Crippen molar-refractivity contribution in [3.8, 4) is 0 Å². The minimum atomic E-state index is -0.764. The van der Waals surface area contributed by atoms with E-state index >= 15 is 0 Å². The summed E-state index contributed by atoms with van der Waals surface area (Å²) in [4.78, 5) is 0. The molecule has 0 saturated carbocycles. The van der Waals surface area contributed by atoms with Crippen molar-refractivity contribution in [1.29, 1.82) is 0 Å². The molecule has 0 aromatic carbocycles. The third kappa shape index (κ3) is 2.13. The highest BCUT2D eigenvalue weighted by Crippen LogP contribution is 2.24. The van der Waals surface area contributed by atoms with Crippen molar-refractivity contribution in [1.82, 2.24) is 0 Å². The summed E-state index contributed by atoms with van der Waals surface area (Å²) in [6.45, 7) is 0.0156. The summed E-state index contributed by atoms with van der Waals surface area (Å²) in [5, 5.41) is 8.74. The Labute approximate surface area is 65.0 Å². The highest BCUT2D eigenvalue weighted by atomic mass is 32.2. The third-order valence-corrected chi connectivity index (χ3v) is 2.97. The number of aliphatic hydroxyl groups is 1. The van der Waals surface area contributed by atoms with Crippen LogP contribution < -0.4 is 0 Å².